The van der Waals surface area contributed by atoms with Crippen molar-refractivity contribution in [3.8, 4) is 0 Å². The normalized spacial score (nSPS) is 16.8. The quantitative estimate of drug-likeness (QED) is 0.573. The second kappa shape index (κ2) is 5.69. The fraction of sp³-hybridized carbons (Fsp3) is 1.00. The smallest absolute Gasteiger partial charge is 0.0545 e. The van der Waals surface area contributed by atoms with Crippen LogP contribution in [-0.2, 0) is 0 Å². The van der Waals surface area contributed by atoms with Crippen LogP contribution in [0.5, 0.6) is 0 Å². The molecule has 0 aromatic carbocycles. The highest BCUT2D eigenvalue weighted by atomic mass is 15.0. The third-order valence-corrected chi connectivity index (χ3v) is 1.66. The predicted molar refractivity (Wildman–Crippen MR) is 45.8 cm³/mol. The molecule has 0 aromatic rings. The summed E-state index contributed by atoms with van der Waals surface area (Å²) in [5.41, 5.74) is 5.69. The van der Waals surface area contributed by atoms with Crippen LogP contribution in [0.25, 0.3) is 0 Å². The minimum Gasteiger partial charge on any atom is -0.316 e. The Morgan fingerprint density at radius 2 is 2.00 bits per heavy atom. The molecule has 0 saturated carbocycles. The van der Waals surface area contributed by atoms with Gasteiger partial charge in [0.15, 0.2) is 0 Å². The summed E-state index contributed by atoms with van der Waals surface area (Å²) < 4.78 is 0. The Kier molecular flexibility index (Phi) is 5.64. The van der Waals surface area contributed by atoms with Crippen molar-refractivity contribution in [2.24, 2.45) is 5.73 Å². The fourth-order valence-electron chi connectivity index (χ4n) is 1.000. The van der Waals surface area contributed by atoms with Gasteiger partial charge in [0.1, 0.15) is 0 Å². The van der Waals surface area contributed by atoms with Gasteiger partial charge in [-0.05, 0) is 19.8 Å². The van der Waals surface area contributed by atoms with Gasteiger partial charge in [0.2, 0.25) is 0 Å². The van der Waals surface area contributed by atoms with Gasteiger partial charge >= 0.3 is 0 Å². The van der Waals surface area contributed by atoms with Crippen LogP contribution in [0.2, 0.25) is 0 Å². The monoisotopic (exact) mass is 144 g/mol. The van der Waals surface area contributed by atoms with Gasteiger partial charge in [-0.15, -0.1) is 0 Å². The van der Waals surface area contributed by atoms with Gasteiger partial charge in [-0.1, -0.05) is 20.3 Å². The van der Waals surface area contributed by atoms with Gasteiger partial charge in [0.25, 0.3) is 0 Å². The largest absolute Gasteiger partial charge is 0.316 e. The number of nitrogens with two attached hydrogens (primary N) is 1. The summed E-state index contributed by atoms with van der Waals surface area (Å²) in [6.07, 6.45) is 3.63. The van der Waals surface area contributed by atoms with Gasteiger partial charge in [0, 0.05) is 6.04 Å². The molecule has 0 rings (SSSR count). The fourth-order valence-corrected chi connectivity index (χ4v) is 1.000. The SMILES string of the molecule is CCCC(C)NC(N)CC. The number of nitrogens with one attached hydrogen (secondary N) is 1. The summed E-state index contributed by atoms with van der Waals surface area (Å²) >= 11 is 0. The second-order valence-electron chi connectivity index (χ2n) is 2.87. The van der Waals surface area contributed by atoms with Crippen LogP contribution < -0.4 is 11.1 Å². The Hall–Kier alpha value is -0.0800. The molecule has 2 nitrogen and oxygen atoms in total. The molecule has 0 spiro atoms. The van der Waals surface area contributed by atoms with Gasteiger partial charge in [-0.25, -0.2) is 0 Å². The summed E-state index contributed by atoms with van der Waals surface area (Å²) in [6.45, 7) is 6.46. The lowest BCUT2D eigenvalue weighted by atomic mass is 10.2. The maximum absolute atomic E-state index is 5.69. The first kappa shape index (κ1) is 9.92. The highest BCUT2D eigenvalue weighted by Gasteiger charge is 2.02. The van der Waals surface area contributed by atoms with Crippen molar-refractivity contribution < 1.29 is 0 Å². The van der Waals surface area contributed by atoms with Crippen molar-refractivity contribution in [1.82, 2.24) is 5.32 Å². The zero-order chi connectivity index (χ0) is 7.98. The molecule has 0 heterocycles. The van der Waals surface area contributed by atoms with Crippen LogP contribution >= 0.6 is 0 Å². The summed E-state index contributed by atoms with van der Waals surface area (Å²) in [6, 6.07) is 0.569. The van der Waals surface area contributed by atoms with E-state index in [0.29, 0.717) is 6.04 Å². The zero-order valence-electron chi connectivity index (χ0n) is 7.35. The first-order valence-electron chi connectivity index (χ1n) is 4.22. The highest BCUT2D eigenvalue weighted by molar-refractivity contribution is 4.63. The minimum absolute atomic E-state index is 0.182. The van der Waals surface area contributed by atoms with Crippen LogP contribution in [-0.4, -0.2) is 12.2 Å². The number of rotatable bonds is 5. The molecule has 3 N–H and O–H groups in total. The van der Waals surface area contributed by atoms with E-state index in [4.69, 9.17) is 5.73 Å². The molecule has 0 aliphatic carbocycles. The molecular weight excluding hydrogens is 124 g/mol. The summed E-state index contributed by atoms with van der Waals surface area (Å²) in [5.74, 6) is 0. The maximum atomic E-state index is 5.69. The molecule has 0 aliphatic heterocycles. The summed E-state index contributed by atoms with van der Waals surface area (Å²) in [7, 11) is 0. The Balaban J connectivity index is 3.27. The Labute approximate surface area is 64.2 Å². The standard InChI is InChI=1S/C8H20N2/c1-4-6-7(3)10-8(9)5-2/h7-8,10H,4-6,9H2,1-3H3. The molecule has 0 aliphatic rings. The summed E-state index contributed by atoms with van der Waals surface area (Å²) in [4.78, 5) is 0. The lowest BCUT2D eigenvalue weighted by molar-refractivity contribution is 0.423. The third-order valence-electron chi connectivity index (χ3n) is 1.66. The van der Waals surface area contributed by atoms with Crippen molar-refractivity contribution in [3.05, 3.63) is 0 Å². The first-order chi connectivity index (χ1) is 4.70. The van der Waals surface area contributed by atoms with Crippen LogP contribution in [0.15, 0.2) is 0 Å². The van der Waals surface area contributed by atoms with E-state index in [2.05, 4.69) is 26.1 Å². The van der Waals surface area contributed by atoms with Crippen LogP contribution in [0, 0.1) is 0 Å². The van der Waals surface area contributed by atoms with E-state index in [1.165, 1.54) is 12.8 Å². The molecule has 2 heteroatoms. The second-order valence-corrected chi connectivity index (χ2v) is 2.87. The molecule has 0 fully saturated rings. The Morgan fingerprint density at radius 1 is 1.40 bits per heavy atom. The van der Waals surface area contributed by atoms with Gasteiger partial charge in [-0.3, -0.25) is 5.32 Å². The molecule has 0 amide bonds. The molecule has 0 aromatic heterocycles. The highest BCUT2D eigenvalue weighted by Crippen LogP contribution is 1.95. The maximum Gasteiger partial charge on any atom is 0.0545 e. The van der Waals surface area contributed by atoms with E-state index in [1.807, 2.05) is 0 Å². The predicted octanol–water partition coefficient (Wildman–Crippen LogP) is 1.46. The van der Waals surface area contributed by atoms with Gasteiger partial charge < -0.3 is 5.73 Å². The van der Waals surface area contributed by atoms with Crippen LogP contribution in [0.3, 0.4) is 0 Å². The molecule has 0 radical (unpaired) electrons. The molecule has 0 saturated heterocycles. The van der Waals surface area contributed by atoms with E-state index in [1.54, 1.807) is 0 Å². The van der Waals surface area contributed by atoms with Gasteiger partial charge in [0.05, 0.1) is 6.17 Å². The van der Waals surface area contributed by atoms with E-state index in [0.717, 1.165) is 6.42 Å². The number of hydrogen-bond donors (Lipinski definition) is 2. The van der Waals surface area contributed by atoms with Crippen LogP contribution in [0.1, 0.15) is 40.0 Å². The van der Waals surface area contributed by atoms with E-state index in [9.17, 15) is 0 Å². The molecule has 10 heavy (non-hydrogen) atoms. The lowest BCUT2D eigenvalue weighted by Gasteiger charge is -2.17. The lowest BCUT2D eigenvalue weighted by Crippen LogP contribution is -2.42. The summed E-state index contributed by atoms with van der Waals surface area (Å²) in [5, 5.41) is 3.31. The van der Waals surface area contributed by atoms with E-state index in [-0.39, 0.29) is 6.17 Å². The van der Waals surface area contributed by atoms with Crippen molar-refractivity contribution in [3.63, 3.8) is 0 Å². The molecule has 2 atom stereocenters. The molecule has 62 valence electrons. The number of hydrogen-bond acceptors (Lipinski definition) is 2. The molecule has 2 unspecified atom stereocenters. The van der Waals surface area contributed by atoms with Crippen molar-refractivity contribution in [1.29, 1.82) is 0 Å². The van der Waals surface area contributed by atoms with E-state index >= 15 is 0 Å². The topological polar surface area (TPSA) is 38.0 Å². The van der Waals surface area contributed by atoms with Crippen LogP contribution in [0.4, 0.5) is 0 Å². The minimum atomic E-state index is 0.182. The molecular formula is C8H20N2. The average Bonchev–Trinajstić information content (AvgIpc) is 1.88. The van der Waals surface area contributed by atoms with Crippen molar-refractivity contribution >= 4 is 0 Å². The average molecular weight is 144 g/mol. The third kappa shape index (κ3) is 4.77. The van der Waals surface area contributed by atoms with Crippen molar-refractivity contribution in [2.75, 3.05) is 0 Å². The molecule has 0 bridgehead atoms. The Bertz CT molecular complexity index is 73.7. The van der Waals surface area contributed by atoms with E-state index < -0.39 is 0 Å². The van der Waals surface area contributed by atoms with Crippen molar-refractivity contribution in [2.45, 2.75) is 52.2 Å². The Morgan fingerprint density at radius 3 is 2.40 bits per heavy atom. The zero-order valence-corrected chi connectivity index (χ0v) is 7.35. The van der Waals surface area contributed by atoms with Gasteiger partial charge in [-0.2, -0.15) is 0 Å². The first-order valence-corrected chi connectivity index (χ1v) is 4.22.